The van der Waals surface area contributed by atoms with Crippen LogP contribution in [0.4, 0.5) is 0 Å². The lowest BCUT2D eigenvalue weighted by Gasteiger charge is -2.15. The maximum Gasteiger partial charge on any atom is 0.209 e. The van der Waals surface area contributed by atoms with E-state index in [4.69, 9.17) is 0 Å². The molecule has 0 aromatic heterocycles. The van der Waals surface area contributed by atoms with Crippen LogP contribution < -0.4 is 0 Å². The molecule has 0 rings (SSSR count). The van der Waals surface area contributed by atoms with Gasteiger partial charge in [0.05, 0.1) is 0 Å². The fourth-order valence-corrected chi connectivity index (χ4v) is 1.60. The van der Waals surface area contributed by atoms with Gasteiger partial charge in [-0.05, 0) is 12.8 Å². The third-order valence-electron chi connectivity index (χ3n) is 2.46. The van der Waals surface area contributed by atoms with E-state index in [9.17, 15) is 4.79 Å². The van der Waals surface area contributed by atoms with Crippen LogP contribution in [0.5, 0.6) is 0 Å². The van der Waals surface area contributed by atoms with Gasteiger partial charge < -0.3 is 4.90 Å². The third kappa shape index (κ3) is 8.09. The van der Waals surface area contributed by atoms with E-state index in [1.54, 1.807) is 0 Å². The summed E-state index contributed by atoms with van der Waals surface area (Å²) in [5.74, 6) is 0. The van der Waals surface area contributed by atoms with E-state index in [2.05, 4.69) is 13.8 Å². The standard InChI is InChI=1S/C12H25NO/c1-3-5-6-7-8-9-11-13(12-14)10-4-2/h12H,3-11H2,1-2H3. The second kappa shape index (κ2) is 10.6. The van der Waals surface area contributed by atoms with Crippen molar-refractivity contribution in [3.05, 3.63) is 0 Å². The van der Waals surface area contributed by atoms with Gasteiger partial charge in [-0.25, -0.2) is 0 Å². The second-order valence-electron chi connectivity index (χ2n) is 3.91. The van der Waals surface area contributed by atoms with E-state index < -0.39 is 0 Å². The van der Waals surface area contributed by atoms with Crippen LogP contribution in [0.15, 0.2) is 0 Å². The highest BCUT2D eigenvalue weighted by Crippen LogP contribution is 2.05. The predicted molar refractivity (Wildman–Crippen MR) is 61.3 cm³/mol. The molecule has 0 aromatic rings. The molecule has 0 saturated heterocycles. The molecule has 0 bridgehead atoms. The lowest BCUT2D eigenvalue weighted by Crippen LogP contribution is -2.23. The molecule has 0 saturated carbocycles. The van der Waals surface area contributed by atoms with Gasteiger partial charge in [0, 0.05) is 13.1 Å². The molecule has 84 valence electrons. The highest BCUT2D eigenvalue weighted by molar-refractivity contribution is 5.46. The lowest BCUT2D eigenvalue weighted by atomic mass is 10.1. The molecule has 0 aliphatic carbocycles. The Morgan fingerprint density at radius 2 is 1.50 bits per heavy atom. The minimum atomic E-state index is 0.915. The van der Waals surface area contributed by atoms with Crippen LogP contribution in [0.2, 0.25) is 0 Å². The number of carbonyl (C=O) groups is 1. The predicted octanol–water partition coefficient (Wildman–Crippen LogP) is 3.22. The molecular formula is C12H25NO. The van der Waals surface area contributed by atoms with Gasteiger partial charge in [-0.15, -0.1) is 0 Å². The summed E-state index contributed by atoms with van der Waals surface area (Å²) in [6, 6.07) is 0. The zero-order valence-electron chi connectivity index (χ0n) is 9.80. The van der Waals surface area contributed by atoms with Gasteiger partial charge in [0.15, 0.2) is 0 Å². The number of nitrogens with zero attached hydrogens (tertiary/aromatic N) is 1. The molecule has 0 spiro atoms. The molecule has 0 atom stereocenters. The second-order valence-corrected chi connectivity index (χ2v) is 3.91. The van der Waals surface area contributed by atoms with E-state index >= 15 is 0 Å². The molecule has 0 fully saturated rings. The number of unbranched alkanes of at least 4 members (excludes halogenated alkanes) is 5. The first-order valence-corrected chi connectivity index (χ1v) is 6.04. The van der Waals surface area contributed by atoms with Gasteiger partial charge >= 0.3 is 0 Å². The van der Waals surface area contributed by atoms with Crippen LogP contribution >= 0.6 is 0 Å². The smallest absolute Gasteiger partial charge is 0.209 e. The molecule has 1 amide bonds. The maximum absolute atomic E-state index is 10.6. The van der Waals surface area contributed by atoms with E-state index in [1.807, 2.05) is 4.90 Å². The molecule has 0 aromatic carbocycles. The molecule has 2 nitrogen and oxygen atoms in total. The van der Waals surface area contributed by atoms with E-state index in [-0.39, 0.29) is 0 Å². The summed E-state index contributed by atoms with van der Waals surface area (Å²) in [5.41, 5.74) is 0. The summed E-state index contributed by atoms with van der Waals surface area (Å²) in [5, 5.41) is 0. The highest BCUT2D eigenvalue weighted by Gasteiger charge is 1.98. The van der Waals surface area contributed by atoms with E-state index in [1.165, 1.54) is 38.5 Å². The molecule has 0 aliphatic heterocycles. The van der Waals surface area contributed by atoms with Crippen molar-refractivity contribution in [2.45, 2.75) is 58.8 Å². The lowest BCUT2D eigenvalue weighted by molar-refractivity contribution is -0.118. The van der Waals surface area contributed by atoms with Crippen molar-refractivity contribution in [2.24, 2.45) is 0 Å². The van der Waals surface area contributed by atoms with Crippen molar-refractivity contribution in [2.75, 3.05) is 13.1 Å². The number of carbonyl (C=O) groups excluding carboxylic acids is 1. The first kappa shape index (κ1) is 13.5. The molecule has 0 radical (unpaired) electrons. The SMILES string of the molecule is CCCCCCCCN(C=O)CCC. The summed E-state index contributed by atoms with van der Waals surface area (Å²) in [6.45, 7) is 6.20. The number of amides is 1. The molecule has 0 heterocycles. The largest absolute Gasteiger partial charge is 0.345 e. The fraction of sp³-hybridized carbons (Fsp3) is 0.917. The average Bonchev–Trinajstić information content (AvgIpc) is 2.21. The Bertz CT molecular complexity index is 125. The monoisotopic (exact) mass is 199 g/mol. The van der Waals surface area contributed by atoms with Crippen LogP contribution in [0.25, 0.3) is 0 Å². The van der Waals surface area contributed by atoms with Gasteiger partial charge in [-0.2, -0.15) is 0 Å². The van der Waals surface area contributed by atoms with Gasteiger partial charge in [0.1, 0.15) is 0 Å². The fourth-order valence-electron chi connectivity index (χ4n) is 1.60. The first-order valence-electron chi connectivity index (χ1n) is 6.04. The van der Waals surface area contributed by atoms with Crippen molar-refractivity contribution < 1.29 is 4.79 Å². The van der Waals surface area contributed by atoms with Crippen LogP contribution in [0, 0.1) is 0 Å². The Morgan fingerprint density at radius 3 is 2.07 bits per heavy atom. The van der Waals surface area contributed by atoms with Crippen LogP contribution in [0.1, 0.15) is 58.8 Å². The topological polar surface area (TPSA) is 20.3 Å². The highest BCUT2D eigenvalue weighted by atomic mass is 16.1. The van der Waals surface area contributed by atoms with Crippen LogP contribution in [-0.2, 0) is 4.79 Å². The molecule has 0 N–H and O–H groups in total. The van der Waals surface area contributed by atoms with Crippen LogP contribution in [-0.4, -0.2) is 24.4 Å². The van der Waals surface area contributed by atoms with E-state index in [0.29, 0.717) is 0 Å². The zero-order valence-corrected chi connectivity index (χ0v) is 9.80. The average molecular weight is 199 g/mol. The Kier molecular flexibility index (Phi) is 10.2. The summed E-state index contributed by atoms with van der Waals surface area (Å²) in [6.07, 6.45) is 9.82. The van der Waals surface area contributed by atoms with Gasteiger partial charge in [-0.1, -0.05) is 46.0 Å². The molecule has 14 heavy (non-hydrogen) atoms. The van der Waals surface area contributed by atoms with Gasteiger partial charge in [0.2, 0.25) is 6.41 Å². The Balaban J connectivity index is 3.20. The number of hydrogen-bond donors (Lipinski definition) is 0. The van der Waals surface area contributed by atoms with Gasteiger partial charge in [0.25, 0.3) is 0 Å². The maximum atomic E-state index is 10.6. The number of hydrogen-bond acceptors (Lipinski definition) is 1. The molecule has 2 heteroatoms. The Morgan fingerprint density at radius 1 is 0.857 bits per heavy atom. The number of rotatable bonds is 10. The summed E-state index contributed by atoms with van der Waals surface area (Å²) >= 11 is 0. The minimum absolute atomic E-state index is 0.915. The van der Waals surface area contributed by atoms with Crippen molar-refractivity contribution in [3.63, 3.8) is 0 Å². The summed E-state index contributed by atoms with van der Waals surface area (Å²) < 4.78 is 0. The van der Waals surface area contributed by atoms with Crippen LogP contribution in [0.3, 0.4) is 0 Å². The van der Waals surface area contributed by atoms with E-state index in [0.717, 1.165) is 25.9 Å². The molecular weight excluding hydrogens is 174 g/mol. The molecule has 0 unspecified atom stereocenters. The molecule has 0 aliphatic rings. The van der Waals surface area contributed by atoms with Crippen molar-refractivity contribution in [3.8, 4) is 0 Å². The minimum Gasteiger partial charge on any atom is -0.345 e. The van der Waals surface area contributed by atoms with Crippen molar-refractivity contribution in [1.29, 1.82) is 0 Å². The summed E-state index contributed by atoms with van der Waals surface area (Å²) in [4.78, 5) is 12.5. The quantitative estimate of drug-likeness (QED) is 0.391. The third-order valence-corrected chi connectivity index (χ3v) is 2.46. The Labute approximate surface area is 88.7 Å². The summed E-state index contributed by atoms with van der Waals surface area (Å²) in [7, 11) is 0. The normalized spacial score (nSPS) is 10.1. The van der Waals surface area contributed by atoms with Gasteiger partial charge in [-0.3, -0.25) is 4.79 Å². The Hall–Kier alpha value is -0.530. The first-order chi connectivity index (χ1) is 6.85. The van der Waals surface area contributed by atoms with Crippen molar-refractivity contribution >= 4 is 6.41 Å². The van der Waals surface area contributed by atoms with Crippen molar-refractivity contribution in [1.82, 2.24) is 4.90 Å². The zero-order chi connectivity index (χ0) is 10.6.